The molecular formula is C30H33N3O6S. The lowest BCUT2D eigenvalue weighted by molar-refractivity contribution is -0.139. The van der Waals surface area contributed by atoms with Gasteiger partial charge in [0.05, 0.1) is 50.2 Å². The maximum Gasteiger partial charge on any atom is 0.336 e. The van der Waals surface area contributed by atoms with E-state index in [9.17, 15) is 9.59 Å². The van der Waals surface area contributed by atoms with Crippen molar-refractivity contribution in [1.29, 1.82) is 0 Å². The van der Waals surface area contributed by atoms with Gasteiger partial charge >= 0.3 is 11.9 Å². The van der Waals surface area contributed by atoms with E-state index in [4.69, 9.17) is 23.9 Å². The molecule has 0 radical (unpaired) electrons. The summed E-state index contributed by atoms with van der Waals surface area (Å²) >= 11 is 1.46. The second-order valence-corrected chi connectivity index (χ2v) is 9.79. The fourth-order valence-corrected chi connectivity index (χ4v) is 5.40. The van der Waals surface area contributed by atoms with E-state index in [1.165, 1.54) is 11.3 Å². The maximum absolute atomic E-state index is 13.1. The van der Waals surface area contributed by atoms with E-state index in [2.05, 4.69) is 10.6 Å². The highest BCUT2D eigenvalue weighted by molar-refractivity contribution is 7.14. The van der Waals surface area contributed by atoms with E-state index >= 15 is 0 Å². The van der Waals surface area contributed by atoms with Crippen molar-refractivity contribution in [2.24, 2.45) is 0 Å². The first-order chi connectivity index (χ1) is 19.3. The molecule has 2 N–H and O–H groups in total. The lowest BCUT2D eigenvalue weighted by Crippen LogP contribution is -2.32. The van der Waals surface area contributed by atoms with Crippen molar-refractivity contribution < 1.29 is 28.5 Å². The quantitative estimate of drug-likeness (QED) is 0.290. The van der Waals surface area contributed by atoms with Crippen LogP contribution < -0.4 is 20.1 Å². The minimum Gasteiger partial charge on any atom is -0.493 e. The van der Waals surface area contributed by atoms with Crippen molar-refractivity contribution in [3.05, 3.63) is 75.9 Å². The third kappa shape index (κ3) is 5.96. The number of esters is 2. The zero-order valence-corrected chi connectivity index (χ0v) is 24.2. The first kappa shape index (κ1) is 28.7. The molecule has 0 atom stereocenters. The lowest BCUT2D eigenvalue weighted by Gasteiger charge is -2.30. The Labute approximate surface area is 237 Å². The van der Waals surface area contributed by atoms with Crippen molar-refractivity contribution in [2.75, 3.05) is 32.8 Å². The van der Waals surface area contributed by atoms with E-state index in [0.717, 1.165) is 22.5 Å². The van der Waals surface area contributed by atoms with Crippen LogP contribution in [0.2, 0.25) is 0 Å². The molecule has 2 heterocycles. The van der Waals surface area contributed by atoms with E-state index < -0.39 is 17.9 Å². The topological polar surface area (TPSA) is 108 Å². The second-order valence-electron chi connectivity index (χ2n) is 8.93. The normalized spacial score (nSPS) is 13.6. The molecule has 0 amide bonds. The Kier molecular flexibility index (Phi) is 9.11. The predicted molar refractivity (Wildman–Crippen MR) is 155 cm³/mol. The third-order valence-corrected chi connectivity index (χ3v) is 7.16. The van der Waals surface area contributed by atoms with Crippen LogP contribution in [-0.2, 0) is 19.1 Å². The number of anilines is 2. The van der Waals surface area contributed by atoms with Gasteiger partial charge in [-0.15, -0.1) is 11.3 Å². The number of methoxy groups -OCH3 is 2. The van der Waals surface area contributed by atoms with Crippen molar-refractivity contribution >= 4 is 34.1 Å². The molecule has 1 aliphatic heterocycles. The average Bonchev–Trinajstić information content (AvgIpc) is 3.40. The van der Waals surface area contributed by atoms with Crippen molar-refractivity contribution in [3.8, 4) is 22.8 Å². The molecule has 0 aliphatic carbocycles. The summed E-state index contributed by atoms with van der Waals surface area (Å²) < 4.78 is 21.5. The monoisotopic (exact) mass is 563 g/mol. The van der Waals surface area contributed by atoms with Crippen LogP contribution in [0.1, 0.15) is 39.2 Å². The van der Waals surface area contributed by atoms with Crippen molar-refractivity contribution in [1.82, 2.24) is 10.3 Å². The molecule has 10 heteroatoms. The number of hydrogen-bond donors (Lipinski definition) is 2. The average molecular weight is 564 g/mol. The van der Waals surface area contributed by atoms with Gasteiger partial charge in [-0.3, -0.25) is 0 Å². The summed E-state index contributed by atoms with van der Waals surface area (Å²) in [4.78, 5) is 30.9. The Balaban J connectivity index is 1.68. The van der Waals surface area contributed by atoms with E-state index in [1.54, 1.807) is 41.9 Å². The number of nitrogens with zero attached hydrogens (tertiary/aromatic N) is 1. The highest BCUT2D eigenvalue weighted by atomic mass is 32.1. The van der Waals surface area contributed by atoms with Crippen LogP contribution in [0.15, 0.2) is 70.4 Å². The minimum absolute atomic E-state index is 0.216. The third-order valence-electron chi connectivity index (χ3n) is 6.41. The van der Waals surface area contributed by atoms with Gasteiger partial charge in [0.15, 0.2) is 16.6 Å². The van der Waals surface area contributed by atoms with Gasteiger partial charge in [0, 0.05) is 28.0 Å². The Morgan fingerprint density at radius 3 is 2.17 bits per heavy atom. The Bertz CT molecular complexity index is 1440. The number of thiazole rings is 1. The van der Waals surface area contributed by atoms with Gasteiger partial charge < -0.3 is 29.6 Å². The van der Waals surface area contributed by atoms with Crippen LogP contribution >= 0.6 is 11.3 Å². The molecule has 210 valence electrons. The summed E-state index contributed by atoms with van der Waals surface area (Å²) in [5.41, 5.74) is 5.19. The number of nitrogens with one attached hydrogen (secondary N) is 2. The van der Waals surface area contributed by atoms with Gasteiger partial charge in [-0.2, -0.15) is 0 Å². The molecule has 40 heavy (non-hydrogen) atoms. The summed E-state index contributed by atoms with van der Waals surface area (Å²) in [5, 5.41) is 9.16. The van der Waals surface area contributed by atoms with Crippen LogP contribution in [0.4, 0.5) is 10.8 Å². The van der Waals surface area contributed by atoms with Crippen LogP contribution in [-0.4, -0.2) is 44.4 Å². The van der Waals surface area contributed by atoms with Crippen LogP contribution in [0, 0.1) is 0 Å². The molecule has 0 saturated heterocycles. The minimum atomic E-state index is -0.667. The molecular weight excluding hydrogens is 530 g/mol. The van der Waals surface area contributed by atoms with Gasteiger partial charge in [0.2, 0.25) is 0 Å². The first-order valence-corrected chi connectivity index (χ1v) is 13.8. The summed E-state index contributed by atoms with van der Waals surface area (Å²) in [6, 6.07) is 13.2. The fraction of sp³-hybridized carbons (Fsp3) is 0.300. The number of allylic oxidation sites excluding steroid dienone is 2. The number of carbonyl (C=O) groups is 2. The molecule has 3 aromatic rings. The van der Waals surface area contributed by atoms with E-state index in [1.807, 2.05) is 47.8 Å². The number of carbonyl (C=O) groups excluding carboxylic acids is 2. The number of dihydropyridines is 1. The van der Waals surface area contributed by atoms with Gasteiger partial charge in [0.1, 0.15) is 0 Å². The number of rotatable bonds is 10. The Hall–Kier alpha value is -4.31. The van der Waals surface area contributed by atoms with Gasteiger partial charge in [-0.05, 0) is 63.6 Å². The lowest BCUT2D eigenvalue weighted by atomic mass is 9.80. The summed E-state index contributed by atoms with van der Waals surface area (Å²) in [6.07, 6.45) is 0. The SMILES string of the molecule is CCOC(=O)C1=C(C)NC(C)=C(C(=O)OCC)C1c1cccc(Nc2nc(-c3ccc(OC)c(OC)c3)cs2)c1. The van der Waals surface area contributed by atoms with E-state index in [0.29, 0.717) is 39.2 Å². The summed E-state index contributed by atoms with van der Waals surface area (Å²) in [5.74, 6) is -0.361. The standard InChI is InChI=1S/C30H33N3O6S/c1-7-38-28(34)25-17(3)31-18(4)26(29(35)39-8-2)27(25)20-10-9-11-21(14-20)32-30-33-22(16-40-30)19-12-13-23(36-5)24(15-19)37-6/h9-16,27,31H,7-8H2,1-6H3,(H,32,33). The zero-order valence-electron chi connectivity index (χ0n) is 23.4. The van der Waals surface area contributed by atoms with Crippen molar-refractivity contribution in [3.63, 3.8) is 0 Å². The summed E-state index contributed by atoms with van der Waals surface area (Å²) in [7, 11) is 3.19. The fourth-order valence-electron chi connectivity index (χ4n) is 4.66. The largest absolute Gasteiger partial charge is 0.493 e. The molecule has 0 saturated carbocycles. The highest BCUT2D eigenvalue weighted by Gasteiger charge is 2.38. The Morgan fingerprint density at radius 1 is 0.925 bits per heavy atom. The van der Waals surface area contributed by atoms with Crippen LogP contribution in [0.25, 0.3) is 11.3 Å². The molecule has 4 rings (SSSR count). The van der Waals surface area contributed by atoms with Crippen LogP contribution in [0.3, 0.4) is 0 Å². The smallest absolute Gasteiger partial charge is 0.336 e. The predicted octanol–water partition coefficient (Wildman–Crippen LogP) is 5.93. The molecule has 0 spiro atoms. The number of ether oxygens (including phenoxy) is 4. The molecule has 0 unspecified atom stereocenters. The first-order valence-electron chi connectivity index (χ1n) is 12.9. The molecule has 1 aliphatic rings. The van der Waals surface area contributed by atoms with E-state index in [-0.39, 0.29) is 13.2 Å². The highest BCUT2D eigenvalue weighted by Crippen LogP contribution is 2.40. The second kappa shape index (κ2) is 12.7. The molecule has 2 aromatic carbocycles. The number of hydrogen-bond acceptors (Lipinski definition) is 10. The van der Waals surface area contributed by atoms with Gasteiger partial charge in [-0.1, -0.05) is 12.1 Å². The van der Waals surface area contributed by atoms with Gasteiger partial charge in [0.25, 0.3) is 0 Å². The molecule has 0 bridgehead atoms. The van der Waals surface area contributed by atoms with Crippen LogP contribution in [0.5, 0.6) is 11.5 Å². The molecule has 9 nitrogen and oxygen atoms in total. The molecule has 1 aromatic heterocycles. The van der Waals surface area contributed by atoms with Gasteiger partial charge in [-0.25, -0.2) is 14.6 Å². The van der Waals surface area contributed by atoms with Crippen molar-refractivity contribution in [2.45, 2.75) is 33.6 Å². The maximum atomic E-state index is 13.1. The Morgan fingerprint density at radius 2 is 1.57 bits per heavy atom. The zero-order chi connectivity index (χ0) is 28.8. The molecule has 0 fully saturated rings. The number of benzene rings is 2. The summed E-state index contributed by atoms with van der Waals surface area (Å²) in [6.45, 7) is 7.54. The number of aromatic nitrogens is 1.